The number of aromatic nitrogens is 3. The van der Waals surface area contributed by atoms with E-state index in [1.165, 1.54) is 6.20 Å². The third-order valence-corrected chi connectivity index (χ3v) is 4.24. The minimum atomic E-state index is -0.391. The maximum Gasteiger partial charge on any atom is 0.272 e. The van der Waals surface area contributed by atoms with Gasteiger partial charge in [-0.15, -0.1) is 0 Å². The molecule has 0 radical (unpaired) electrons. The van der Waals surface area contributed by atoms with Crippen LogP contribution in [-0.4, -0.2) is 38.8 Å². The van der Waals surface area contributed by atoms with Crippen LogP contribution >= 0.6 is 0 Å². The monoisotopic (exact) mass is 381 g/mol. The number of hydrogen-bond acceptors (Lipinski definition) is 6. The number of hydrogen-bond donors (Lipinski definition) is 4. The van der Waals surface area contributed by atoms with Crippen LogP contribution in [0, 0.1) is 5.41 Å². The molecule has 9 heteroatoms. The highest BCUT2D eigenvalue weighted by atomic mass is 16.2. The fraction of sp³-hybridized carbons (Fsp3) is 0.316. The lowest BCUT2D eigenvalue weighted by Crippen LogP contribution is -2.33. The second-order valence-corrected chi connectivity index (χ2v) is 6.76. The van der Waals surface area contributed by atoms with Gasteiger partial charge in [0.2, 0.25) is 5.91 Å². The van der Waals surface area contributed by atoms with E-state index in [0.717, 1.165) is 12.8 Å². The molecule has 0 saturated heterocycles. The number of rotatable bonds is 7. The fourth-order valence-electron chi connectivity index (χ4n) is 2.76. The molecule has 0 atom stereocenters. The SMILES string of the molecule is CC(=N)/C(=C(/C)N)c1ccc(NC(=O)CNC(=O)c2ccn(C3CC3)n2)cn1. The smallest absolute Gasteiger partial charge is 0.272 e. The van der Waals surface area contributed by atoms with E-state index in [2.05, 4.69) is 20.7 Å². The Balaban J connectivity index is 1.53. The summed E-state index contributed by atoms with van der Waals surface area (Å²) in [6.45, 7) is 3.17. The standard InChI is InChI=1S/C19H23N7O2/c1-11(20)18(12(2)21)15-6-3-13(9-22-15)24-17(27)10-23-19(28)16-7-8-26(25-16)14-4-5-14/h3,6-9,14,20H,4-5,10,21H2,1-2H3,(H,23,28)(H,24,27)/b18-12+,20-11?. The van der Waals surface area contributed by atoms with Crippen LogP contribution < -0.4 is 16.4 Å². The zero-order valence-electron chi connectivity index (χ0n) is 15.8. The van der Waals surface area contributed by atoms with Gasteiger partial charge in [0.1, 0.15) is 5.69 Å². The molecule has 0 spiro atoms. The average molecular weight is 381 g/mol. The molecule has 0 aromatic carbocycles. The predicted molar refractivity (Wildman–Crippen MR) is 106 cm³/mol. The molecule has 28 heavy (non-hydrogen) atoms. The lowest BCUT2D eigenvalue weighted by molar-refractivity contribution is -0.115. The van der Waals surface area contributed by atoms with Crippen molar-refractivity contribution in [1.29, 1.82) is 5.41 Å². The van der Waals surface area contributed by atoms with Crippen LogP contribution in [0.2, 0.25) is 0 Å². The lowest BCUT2D eigenvalue weighted by atomic mass is 10.1. The summed E-state index contributed by atoms with van der Waals surface area (Å²) in [6, 6.07) is 5.40. The van der Waals surface area contributed by atoms with Crippen molar-refractivity contribution in [3.05, 3.63) is 47.7 Å². The van der Waals surface area contributed by atoms with Crippen molar-refractivity contribution < 1.29 is 9.59 Å². The molecular formula is C19H23N7O2. The molecule has 0 bridgehead atoms. The second kappa shape index (κ2) is 8.03. The van der Waals surface area contributed by atoms with Crippen molar-refractivity contribution in [2.24, 2.45) is 5.73 Å². The number of pyridine rings is 1. The summed E-state index contributed by atoms with van der Waals surface area (Å²) in [5, 5.41) is 17.2. The van der Waals surface area contributed by atoms with Gasteiger partial charge in [0.25, 0.3) is 5.91 Å². The number of allylic oxidation sites excluding steroid dienone is 2. The Hall–Kier alpha value is -3.49. The molecule has 1 aliphatic carbocycles. The van der Waals surface area contributed by atoms with Gasteiger partial charge in [-0.05, 0) is 44.9 Å². The molecule has 9 nitrogen and oxygen atoms in total. The first kappa shape index (κ1) is 19.3. The number of anilines is 1. The average Bonchev–Trinajstić information content (AvgIpc) is 3.37. The van der Waals surface area contributed by atoms with Gasteiger partial charge in [-0.25, -0.2) is 0 Å². The van der Waals surface area contributed by atoms with Crippen molar-refractivity contribution >= 4 is 28.8 Å². The van der Waals surface area contributed by atoms with Crippen LogP contribution in [0.15, 0.2) is 36.3 Å². The number of carbonyl (C=O) groups is 2. The van der Waals surface area contributed by atoms with E-state index in [1.54, 1.807) is 42.9 Å². The summed E-state index contributed by atoms with van der Waals surface area (Å²) in [5.74, 6) is -0.767. The van der Waals surface area contributed by atoms with Crippen LogP contribution in [0.1, 0.15) is 48.9 Å². The van der Waals surface area contributed by atoms with Gasteiger partial charge in [-0.1, -0.05) is 0 Å². The first-order valence-corrected chi connectivity index (χ1v) is 8.96. The maximum atomic E-state index is 12.1. The Bertz CT molecular complexity index is 935. The minimum absolute atomic E-state index is 0.177. The largest absolute Gasteiger partial charge is 0.402 e. The highest BCUT2D eigenvalue weighted by molar-refractivity contribution is 6.21. The third-order valence-electron chi connectivity index (χ3n) is 4.24. The van der Waals surface area contributed by atoms with E-state index in [9.17, 15) is 9.59 Å². The van der Waals surface area contributed by atoms with E-state index < -0.39 is 5.91 Å². The van der Waals surface area contributed by atoms with Gasteiger partial charge in [0, 0.05) is 23.2 Å². The Kier molecular flexibility index (Phi) is 5.53. The summed E-state index contributed by atoms with van der Waals surface area (Å²) in [6.07, 6.45) is 5.43. The van der Waals surface area contributed by atoms with Crippen LogP contribution in [-0.2, 0) is 4.79 Å². The molecule has 1 saturated carbocycles. The molecule has 0 aliphatic heterocycles. The molecule has 3 rings (SSSR count). The first-order valence-electron chi connectivity index (χ1n) is 8.96. The molecule has 1 fully saturated rings. The van der Waals surface area contributed by atoms with Crippen molar-refractivity contribution in [2.75, 3.05) is 11.9 Å². The van der Waals surface area contributed by atoms with Crippen molar-refractivity contribution in [3.63, 3.8) is 0 Å². The molecule has 2 amide bonds. The van der Waals surface area contributed by atoms with Crippen LogP contribution in [0.25, 0.3) is 5.57 Å². The van der Waals surface area contributed by atoms with Gasteiger partial charge in [0.15, 0.2) is 0 Å². The summed E-state index contributed by atoms with van der Waals surface area (Å²) in [5.41, 5.74) is 8.53. The van der Waals surface area contributed by atoms with Crippen LogP contribution in [0.4, 0.5) is 5.69 Å². The number of nitrogens with one attached hydrogen (secondary N) is 3. The fourth-order valence-corrected chi connectivity index (χ4v) is 2.76. The predicted octanol–water partition coefficient (Wildman–Crippen LogP) is 1.71. The summed E-state index contributed by atoms with van der Waals surface area (Å²) >= 11 is 0. The Labute approximate surface area is 162 Å². The molecule has 1 aliphatic rings. The number of nitrogens with zero attached hydrogens (tertiary/aromatic N) is 3. The van der Waals surface area contributed by atoms with Crippen LogP contribution in [0.5, 0.6) is 0 Å². The molecule has 2 heterocycles. The normalized spacial score (nSPS) is 14.2. The Morgan fingerprint density at radius 1 is 1.25 bits per heavy atom. The van der Waals surface area contributed by atoms with Gasteiger partial charge in [-0.3, -0.25) is 19.3 Å². The van der Waals surface area contributed by atoms with E-state index in [4.69, 9.17) is 11.1 Å². The summed E-state index contributed by atoms with van der Waals surface area (Å²) < 4.78 is 1.78. The zero-order valence-corrected chi connectivity index (χ0v) is 15.8. The van der Waals surface area contributed by atoms with Crippen LogP contribution in [0.3, 0.4) is 0 Å². The molecule has 2 aromatic heterocycles. The van der Waals surface area contributed by atoms with Gasteiger partial charge in [-0.2, -0.15) is 5.10 Å². The molecular weight excluding hydrogens is 358 g/mol. The van der Waals surface area contributed by atoms with Crippen molar-refractivity contribution in [2.45, 2.75) is 32.7 Å². The van der Waals surface area contributed by atoms with E-state index in [1.807, 2.05) is 0 Å². The number of carbonyl (C=O) groups excluding carboxylic acids is 2. The number of nitrogens with two attached hydrogens (primary N) is 1. The molecule has 0 unspecified atom stereocenters. The second-order valence-electron chi connectivity index (χ2n) is 6.76. The highest BCUT2D eigenvalue weighted by Gasteiger charge is 2.25. The first-order chi connectivity index (χ1) is 13.3. The Morgan fingerprint density at radius 2 is 2.00 bits per heavy atom. The number of amides is 2. The third kappa shape index (κ3) is 4.61. The van der Waals surface area contributed by atoms with Crippen molar-refractivity contribution in [3.8, 4) is 0 Å². The lowest BCUT2D eigenvalue weighted by Gasteiger charge is -2.09. The van der Waals surface area contributed by atoms with Gasteiger partial charge >= 0.3 is 0 Å². The van der Waals surface area contributed by atoms with Gasteiger partial charge < -0.3 is 21.8 Å². The molecule has 2 aromatic rings. The summed E-state index contributed by atoms with van der Waals surface area (Å²) in [4.78, 5) is 28.4. The topological polar surface area (TPSA) is 139 Å². The summed E-state index contributed by atoms with van der Waals surface area (Å²) in [7, 11) is 0. The maximum absolute atomic E-state index is 12.1. The zero-order chi connectivity index (χ0) is 20.3. The van der Waals surface area contributed by atoms with E-state index >= 15 is 0 Å². The highest BCUT2D eigenvalue weighted by Crippen LogP contribution is 2.33. The minimum Gasteiger partial charge on any atom is -0.402 e. The van der Waals surface area contributed by atoms with E-state index in [0.29, 0.717) is 40.1 Å². The van der Waals surface area contributed by atoms with Gasteiger partial charge in [0.05, 0.1) is 30.2 Å². The molecule has 146 valence electrons. The van der Waals surface area contributed by atoms with Crippen molar-refractivity contribution in [1.82, 2.24) is 20.1 Å². The Morgan fingerprint density at radius 3 is 2.57 bits per heavy atom. The van der Waals surface area contributed by atoms with E-state index in [-0.39, 0.29) is 12.5 Å². The molecule has 5 N–H and O–H groups in total. The quantitative estimate of drug-likeness (QED) is 0.541.